The van der Waals surface area contributed by atoms with Gasteiger partial charge in [0.05, 0.1) is 23.3 Å². The fraction of sp³-hybridized carbons (Fsp3) is 0.176. The van der Waals surface area contributed by atoms with E-state index in [-0.39, 0.29) is 16.9 Å². The van der Waals surface area contributed by atoms with Crippen LogP contribution in [-0.2, 0) is 0 Å². The number of ether oxygens (including phenoxy) is 1. The van der Waals surface area contributed by atoms with Crippen LogP contribution >= 0.6 is 39.7 Å². The molecule has 0 saturated heterocycles. The monoisotopic (exact) mass is 439 g/mol. The molecule has 0 fully saturated rings. The van der Waals surface area contributed by atoms with Gasteiger partial charge in [-0.2, -0.15) is 5.10 Å². The predicted octanol–water partition coefficient (Wildman–Crippen LogP) is 4.21. The number of aromatic hydroxyl groups is 1. The van der Waals surface area contributed by atoms with Gasteiger partial charge in [0.1, 0.15) is 0 Å². The number of nitrogens with two attached hydrogens (primary N) is 1. The predicted molar refractivity (Wildman–Crippen MR) is 106 cm³/mol. The second-order valence-corrected chi connectivity index (χ2v) is 7.22. The minimum atomic E-state index is -0.186. The molecule has 0 aliphatic carbocycles. The van der Waals surface area contributed by atoms with Crippen molar-refractivity contribution in [1.82, 2.24) is 5.01 Å². The van der Waals surface area contributed by atoms with Gasteiger partial charge in [0.25, 0.3) is 0 Å². The number of halogens is 2. The molecule has 1 heterocycles. The Hall–Kier alpha value is -1.83. The molecule has 1 aliphatic rings. The minimum absolute atomic E-state index is 0.0463. The lowest BCUT2D eigenvalue weighted by Gasteiger charge is -2.23. The van der Waals surface area contributed by atoms with E-state index in [1.54, 1.807) is 11.1 Å². The Morgan fingerprint density at radius 3 is 2.68 bits per heavy atom. The van der Waals surface area contributed by atoms with Gasteiger partial charge in [0.15, 0.2) is 16.6 Å². The molecule has 0 radical (unpaired) electrons. The molecule has 1 atom stereocenters. The third-order valence-corrected chi connectivity index (χ3v) is 5.01. The summed E-state index contributed by atoms with van der Waals surface area (Å²) in [7, 11) is 1.50. The molecule has 130 valence electrons. The van der Waals surface area contributed by atoms with Crippen molar-refractivity contribution in [2.45, 2.75) is 12.5 Å². The third kappa shape index (κ3) is 3.58. The van der Waals surface area contributed by atoms with E-state index in [1.807, 2.05) is 30.3 Å². The van der Waals surface area contributed by atoms with E-state index in [0.717, 1.165) is 16.8 Å². The molecule has 1 aliphatic heterocycles. The first-order valence-electron chi connectivity index (χ1n) is 7.39. The van der Waals surface area contributed by atoms with E-state index in [0.29, 0.717) is 21.7 Å². The van der Waals surface area contributed by atoms with Crippen molar-refractivity contribution in [3.8, 4) is 11.5 Å². The van der Waals surface area contributed by atoms with Crippen molar-refractivity contribution in [1.29, 1.82) is 0 Å². The Labute approximate surface area is 164 Å². The molecule has 0 aromatic heterocycles. The number of nitrogens with zero attached hydrogens (tertiary/aromatic N) is 2. The van der Waals surface area contributed by atoms with Crippen LogP contribution in [0.1, 0.15) is 23.6 Å². The molecule has 1 unspecified atom stereocenters. The first-order valence-corrected chi connectivity index (χ1v) is 8.97. The van der Waals surface area contributed by atoms with Crippen LogP contribution in [0.4, 0.5) is 0 Å². The molecular weight excluding hydrogens is 426 g/mol. The SMILES string of the molecule is COc1cc(C2CC(c3ccc(Cl)cc3)=NN2C(N)=S)cc(Br)c1O. The van der Waals surface area contributed by atoms with Crippen LogP contribution in [0.2, 0.25) is 5.02 Å². The zero-order valence-corrected chi connectivity index (χ0v) is 16.4. The Kier molecular flexibility index (Phi) is 5.17. The van der Waals surface area contributed by atoms with Gasteiger partial charge < -0.3 is 15.6 Å². The van der Waals surface area contributed by atoms with Crippen LogP contribution in [0.3, 0.4) is 0 Å². The summed E-state index contributed by atoms with van der Waals surface area (Å²) in [6, 6.07) is 10.8. The highest BCUT2D eigenvalue weighted by molar-refractivity contribution is 9.10. The molecule has 8 heteroatoms. The van der Waals surface area contributed by atoms with Gasteiger partial charge in [-0.15, -0.1) is 0 Å². The maximum absolute atomic E-state index is 10.0. The summed E-state index contributed by atoms with van der Waals surface area (Å²) in [5, 5.41) is 17.0. The number of rotatable bonds is 3. The van der Waals surface area contributed by atoms with Crippen molar-refractivity contribution in [3.05, 3.63) is 57.0 Å². The number of phenolic OH excluding ortho intramolecular Hbond substituents is 1. The maximum atomic E-state index is 10.0. The molecule has 3 rings (SSSR count). The normalized spacial score (nSPS) is 16.7. The highest BCUT2D eigenvalue weighted by Gasteiger charge is 2.31. The third-order valence-electron chi connectivity index (χ3n) is 3.97. The highest BCUT2D eigenvalue weighted by atomic mass is 79.9. The van der Waals surface area contributed by atoms with Gasteiger partial charge in [0, 0.05) is 11.4 Å². The van der Waals surface area contributed by atoms with Crippen molar-refractivity contribution in [2.24, 2.45) is 10.8 Å². The topological polar surface area (TPSA) is 71.1 Å². The van der Waals surface area contributed by atoms with Crippen molar-refractivity contribution < 1.29 is 9.84 Å². The number of phenols is 1. The fourth-order valence-corrected chi connectivity index (χ4v) is 3.49. The van der Waals surface area contributed by atoms with E-state index in [9.17, 15) is 5.11 Å². The summed E-state index contributed by atoms with van der Waals surface area (Å²) in [5.41, 5.74) is 8.56. The van der Waals surface area contributed by atoms with E-state index >= 15 is 0 Å². The summed E-state index contributed by atoms with van der Waals surface area (Å²) in [5.74, 6) is 0.414. The number of hydrogen-bond acceptors (Lipinski definition) is 4. The van der Waals surface area contributed by atoms with Crippen molar-refractivity contribution in [3.63, 3.8) is 0 Å². The van der Waals surface area contributed by atoms with Gasteiger partial charge >= 0.3 is 0 Å². The van der Waals surface area contributed by atoms with Crippen molar-refractivity contribution in [2.75, 3.05) is 7.11 Å². The number of methoxy groups -OCH3 is 1. The highest BCUT2D eigenvalue weighted by Crippen LogP contribution is 2.41. The largest absolute Gasteiger partial charge is 0.503 e. The summed E-state index contributed by atoms with van der Waals surface area (Å²) < 4.78 is 5.76. The molecule has 3 N–H and O–H groups in total. The van der Waals surface area contributed by atoms with Gasteiger partial charge in [-0.05, 0) is 63.5 Å². The molecule has 0 spiro atoms. The number of benzene rings is 2. The second-order valence-electron chi connectivity index (χ2n) is 5.51. The summed E-state index contributed by atoms with van der Waals surface area (Å²) >= 11 is 14.5. The van der Waals surface area contributed by atoms with Gasteiger partial charge in [-0.25, -0.2) is 5.01 Å². The van der Waals surface area contributed by atoms with Crippen molar-refractivity contribution >= 4 is 50.6 Å². The van der Waals surface area contributed by atoms with Crippen LogP contribution in [0, 0.1) is 0 Å². The quantitative estimate of drug-likeness (QED) is 0.700. The molecule has 0 bridgehead atoms. The fourth-order valence-electron chi connectivity index (χ4n) is 2.73. The molecule has 0 saturated carbocycles. The standard InChI is InChI=1S/C17H15BrClN3O2S/c1-24-15-7-10(6-12(18)16(15)23)14-8-13(21-22(14)17(20)25)9-2-4-11(19)5-3-9/h2-7,14,23H,8H2,1H3,(H2,20,25). The number of hydrazone groups is 1. The number of thiocarbonyl (C=S) groups is 1. The van der Waals surface area contributed by atoms with Crippen LogP contribution in [0.5, 0.6) is 11.5 Å². The Morgan fingerprint density at radius 1 is 1.40 bits per heavy atom. The summed E-state index contributed by atoms with van der Waals surface area (Å²) in [6.07, 6.45) is 0.610. The Morgan fingerprint density at radius 2 is 2.08 bits per heavy atom. The van der Waals surface area contributed by atoms with Crippen LogP contribution in [-0.4, -0.2) is 28.0 Å². The molecular formula is C17H15BrClN3O2S. The van der Waals surface area contributed by atoms with Crippen LogP contribution in [0.25, 0.3) is 0 Å². The first kappa shape index (κ1) is 18.0. The molecule has 25 heavy (non-hydrogen) atoms. The second kappa shape index (κ2) is 7.19. The van der Waals surface area contributed by atoms with E-state index < -0.39 is 0 Å². The van der Waals surface area contributed by atoms with E-state index in [4.69, 9.17) is 34.3 Å². The molecule has 2 aromatic rings. The van der Waals surface area contributed by atoms with Gasteiger partial charge in [0.2, 0.25) is 0 Å². The summed E-state index contributed by atoms with van der Waals surface area (Å²) in [6.45, 7) is 0. The zero-order chi connectivity index (χ0) is 18.1. The lowest BCUT2D eigenvalue weighted by molar-refractivity contribution is 0.357. The molecule has 2 aromatic carbocycles. The van der Waals surface area contributed by atoms with Crippen LogP contribution < -0.4 is 10.5 Å². The smallest absolute Gasteiger partial charge is 0.187 e. The summed E-state index contributed by atoms with van der Waals surface area (Å²) in [4.78, 5) is 0. The van der Waals surface area contributed by atoms with E-state index in [1.165, 1.54) is 7.11 Å². The number of hydrogen-bond donors (Lipinski definition) is 2. The molecule has 5 nitrogen and oxygen atoms in total. The Bertz CT molecular complexity index is 858. The van der Waals surface area contributed by atoms with Gasteiger partial charge in [-0.3, -0.25) is 0 Å². The maximum Gasteiger partial charge on any atom is 0.187 e. The first-order chi connectivity index (χ1) is 11.9. The van der Waals surface area contributed by atoms with E-state index in [2.05, 4.69) is 21.0 Å². The Balaban J connectivity index is 1.99. The zero-order valence-electron chi connectivity index (χ0n) is 13.2. The van der Waals surface area contributed by atoms with Gasteiger partial charge in [-0.1, -0.05) is 23.7 Å². The lowest BCUT2D eigenvalue weighted by Crippen LogP contribution is -2.31. The average molecular weight is 441 g/mol. The lowest BCUT2D eigenvalue weighted by atomic mass is 9.98. The average Bonchev–Trinajstić information content (AvgIpc) is 3.03. The molecule has 0 amide bonds. The van der Waals surface area contributed by atoms with Crippen LogP contribution in [0.15, 0.2) is 46.0 Å². The minimum Gasteiger partial charge on any atom is -0.503 e.